The molecule has 0 radical (unpaired) electrons. The fraction of sp³-hybridized carbons (Fsp3) is 0.667. The Morgan fingerprint density at radius 3 is 1.88 bits per heavy atom. The summed E-state index contributed by atoms with van der Waals surface area (Å²) in [5, 5.41) is 2.68. The van der Waals surface area contributed by atoms with Crippen molar-refractivity contribution in [2.45, 2.75) is 86.0 Å². The van der Waals surface area contributed by atoms with Crippen LogP contribution in [0.2, 0.25) is 13.3 Å². The Kier molecular flexibility index (Phi) is 10.7. The second kappa shape index (κ2) is 11.9. The molecule has 0 aliphatic rings. The first-order valence-electron chi connectivity index (χ1n) is 10.1. The van der Waals surface area contributed by atoms with Crippen LogP contribution < -0.4 is 8.90 Å². The van der Waals surface area contributed by atoms with E-state index in [1.54, 1.807) is 19.1 Å². The van der Waals surface area contributed by atoms with Gasteiger partial charge in [0.15, 0.2) is 0 Å². The second-order valence-electron chi connectivity index (χ2n) is 7.19. The average molecular weight is 456 g/mol. The number of unbranched alkanes of at least 4 members (excludes halogenated alkanes) is 3. The van der Waals surface area contributed by atoms with Gasteiger partial charge in [0.05, 0.1) is 0 Å². The Hall–Kier alpha value is -0.581. The molecule has 25 heavy (non-hydrogen) atoms. The summed E-state index contributed by atoms with van der Waals surface area (Å²) in [5.41, 5.74) is 0.331. The molecule has 0 fully saturated rings. The van der Waals surface area contributed by atoms with Crippen molar-refractivity contribution < 1.29 is 9.18 Å². The molecule has 2 nitrogen and oxygen atoms in total. The quantitative estimate of drug-likeness (QED) is 0.372. The molecule has 0 bridgehead atoms. The SMILES string of the molecule is CCC[CH2][Sn]([CH2]CCC)([CH2]CCC)[c]1ccc(NC(=O)CC)c(F)c1. The van der Waals surface area contributed by atoms with Gasteiger partial charge in [-0.15, -0.1) is 0 Å². The van der Waals surface area contributed by atoms with Crippen LogP contribution in [0.25, 0.3) is 0 Å². The molecule has 0 spiro atoms. The monoisotopic (exact) mass is 457 g/mol. The molecule has 0 aromatic heterocycles. The van der Waals surface area contributed by atoms with Gasteiger partial charge in [-0.05, 0) is 0 Å². The van der Waals surface area contributed by atoms with E-state index in [0.717, 1.165) is 0 Å². The van der Waals surface area contributed by atoms with E-state index in [9.17, 15) is 9.18 Å². The van der Waals surface area contributed by atoms with Gasteiger partial charge in [0, 0.05) is 0 Å². The van der Waals surface area contributed by atoms with Crippen LogP contribution in [0.5, 0.6) is 0 Å². The number of nitrogens with one attached hydrogen (secondary N) is 1. The molecule has 1 rings (SSSR count). The maximum absolute atomic E-state index is 14.7. The van der Waals surface area contributed by atoms with Crippen molar-refractivity contribution >= 4 is 33.6 Å². The first-order valence-corrected chi connectivity index (χ1v) is 17.6. The van der Waals surface area contributed by atoms with E-state index in [-0.39, 0.29) is 11.7 Å². The third-order valence-corrected chi connectivity index (χ3v) is 20.8. The minimum absolute atomic E-state index is 0.135. The van der Waals surface area contributed by atoms with Gasteiger partial charge in [0.2, 0.25) is 0 Å². The fourth-order valence-corrected chi connectivity index (χ4v) is 19.5. The van der Waals surface area contributed by atoms with Crippen LogP contribution >= 0.6 is 0 Å². The van der Waals surface area contributed by atoms with Crippen LogP contribution in [-0.4, -0.2) is 24.3 Å². The van der Waals surface area contributed by atoms with Gasteiger partial charge < -0.3 is 0 Å². The van der Waals surface area contributed by atoms with Crippen LogP contribution in [0.15, 0.2) is 18.2 Å². The summed E-state index contributed by atoms with van der Waals surface area (Å²) in [5.74, 6) is -0.394. The summed E-state index contributed by atoms with van der Waals surface area (Å²) in [7, 11) is 0. The fourth-order valence-electron chi connectivity index (χ4n) is 3.54. The molecule has 0 aliphatic carbocycles. The number of amides is 1. The van der Waals surface area contributed by atoms with Crippen molar-refractivity contribution in [3.63, 3.8) is 0 Å². The van der Waals surface area contributed by atoms with Crippen LogP contribution in [0.1, 0.15) is 72.6 Å². The first kappa shape index (κ1) is 22.5. The average Bonchev–Trinajstić information content (AvgIpc) is 2.63. The Morgan fingerprint density at radius 1 is 0.960 bits per heavy atom. The number of carbonyl (C=O) groups is 1. The van der Waals surface area contributed by atoms with Gasteiger partial charge in [0.25, 0.3) is 0 Å². The molecule has 0 saturated heterocycles. The first-order chi connectivity index (χ1) is 12.0. The Bertz CT molecular complexity index is 511. The molecule has 1 N–H and O–H groups in total. The third-order valence-electron chi connectivity index (χ3n) is 5.20. The zero-order valence-electron chi connectivity index (χ0n) is 16.6. The number of rotatable bonds is 12. The normalized spacial score (nSPS) is 11.6. The van der Waals surface area contributed by atoms with Crippen molar-refractivity contribution in [3.8, 4) is 0 Å². The standard InChI is InChI=1S/C9H9FNO.3C4H9.Sn/c1-2-9(12)11-8-6-4-3-5-7(8)10;3*1-3-4-2;/h4-6H,2H2,1H3,(H,11,12);3*1,3-4H2,2H3;. The van der Waals surface area contributed by atoms with E-state index < -0.39 is 18.4 Å². The summed E-state index contributed by atoms with van der Waals surface area (Å²) < 4.78 is 20.0. The molecular weight excluding hydrogens is 420 g/mol. The number of hydrogen-bond acceptors (Lipinski definition) is 1. The van der Waals surface area contributed by atoms with E-state index in [4.69, 9.17) is 0 Å². The molecule has 1 amide bonds. The molecule has 1 aromatic carbocycles. The topological polar surface area (TPSA) is 29.1 Å². The van der Waals surface area contributed by atoms with Crippen molar-refractivity contribution in [1.82, 2.24) is 0 Å². The van der Waals surface area contributed by atoms with Gasteiger partial charge >= 0.3 is 158 Å². The van der Waals surface area contributed by atoms with E-state index in [1.807, 2.05) is 0 Å². The summed E-state index contributed by atoms with van der Waals surface area (Å²) >= 11 is -2.59. The molecule has 1 aromatic rings. The number of anilines is 1. The molecule has 0 heterocycles. The van der Waals surface area contributed by atoms with Crippen molar-refractivity contribution in [1.29, 1.82) is 0 Å². The van der Waals surface area contributed by atoms with E-state index in [1.165, 1.54) is 55.4 Å². The second-order valence-corrected chi connectivity index (χ2v) is 20.4. The van der Waals surface area contributed by atoms with Crippen LogP contribution in [-0.2, 0) is 4.79 Å². The Labute approximate surface area is 157 Å². The van der Waals surface area contributed by atoms with Gasteiger partial charge in [-0.25, -0.2) is 0 Å². The summed E-state index contributed by atoms with van der Waals surface area (Å²) in [6.07, 6.45) is 7.80. The zero-order chi connectivity index (χ0) is 18.7. The molecule has 0 aliphatic heterocycles. The molecular formula is C21H36FNOSn. The number of halogens is 1. The molecule has 142 valence electrons. The maximum atomic E-state index is 14.7. The number of benzene rings is 1. The number of carbonyl (C=O) groups excluding carboxylic acids is 1. The van der Waals surface area contributed by atoms with Gasteiger partial charge in [-0.1, -0.05) is 0 Å². The van der Waals surface area contributed by atoms with Crippen LogP contribution in [0, 0.1) is 5.82 Å². The van der Waals surface area contributed by atoms with Gasteiger partial charge in [0.1, 0.15) is 0 Å². The van der Waals surface area contributed by atoms with E-state index in [0.29, 0.717) is 12.1 Å². The van der Waals surface area contributed by atoms with Crippen LogP contribution in [0.3, 0.4) is 0 Å². The van der Waals surface area contributed by atoms with Gasteiger partial charge in [-0.2, -0.15) is 0 Å². The van der Waals surface area contributed by atoms with E-state index >= 15 is 0 Å². The summed E-state index contributed by atoms with van der Waals surface area (Å²) in [4.78, 5) is 11.6. The molecule has 0 unspecified atom stereocenters. The summed E-state index contributed by atoms with van der Waals surface area (Å²) in [6, 6.07) is 5.70. The third kappa shape index (κ3) is 6.91. The number of hydrogen-bond donors (Lipinski definition) is 1. The van der Waals surface area contributed by atoms with Crippen molar-refractivity contribution in [3.05, 3.63) is 24.0 Å². The zero-order valence-corrected chi connectivity index (χ0v) is 19.4. The van der Waals surface area contributed by atoms with Crippen molar-refractivity contribution in [2.24, 2.45) is 0 Å². The Balaban J connectivity index is 3.17. The molecule has 0 saturated carbocycles. The minimum atomic E-state index is -2.59. The van der Waals surface area contributed by atoms with Gasteiger partial charge in [-0.3, -0.25) is 0 Å². The summed E-state index contributed by atoms with van der Waals surface area (Å²) in [6.45, 7) is 8.53. The molecule has 0 atom stereocenters. The predicted octanol–water partition coefficient (Wildman–Crippen LogP) is 6.23. The molecule has 4 heteroatoms. The van der Waals surface area contributed by atoms with E-state index in [2.05, 4.69) is 32.2 Å². The predicted molar refractivity (Wildman–Crippen MR) is 110 cm³/mol. The van der Waals surface area contributed by atoms with Crippen LogP contribution in [0.4, 0.5) is 10.1 Å². The Morgan fingerprint density at radius 2 is 1.48 bits per heavy atom. The van der Waals surface area contributed by atoms with Crippen molar-refractivity contribution in [2.75, 3.05) is 5.32 Å².